The van der Waals surface area contributed by atoms with E-state index in [2.05, 4.69) is 20.8 Å². The summed E-state index contributed by atoms with van der Waals surface area (Å²) in [7, 11) is 1.64. The molecule has 0 saturated carbocycles. The molecule has 10 nitrogen and oxygen atoms in total. The molecule has 1 amide bonds. The number of hydrogen-bond donors (Lipinski definition) is 2. The van der Waals surface area contributed by atoms with Crippen LogP contribution in [0.1, 0.15) is 24.2 Å². The summed E-state index contributed by atoms with van der Waals surface area (Å²) in [6.07, 6.45) is 1.21. The molecule has 0 saturated heterocycles. The molecular weight excluding hydrogens is 448 g/mol. The van der Waals surface area contributed by atoms with Gasteiger partial charge in [-0.2, -0.15) is 0 Å². The number of nitrogens with one attached hydrogen (secondary N) is 2. The Labute approximate surface area is 203 Å². The number of carbonyl (C=O) groups excluding carboxylic acids is 1. The first-order chi connectivity index (χ1) is 17.2. The van der Waals surface area contributed by atoms with E-state index >= 15 is 0 Å². The summed E-state index contributed by atoms with van der Waals surface area (Å²) in [5.74, 6) is 2.16. The van der Waals surface area contributed by atoms with Crippen molar-refractivity contribution in [3.63, 3.8) is 0 Å². The molecule has 184 valence electrons. The van der Waals surface area contributed by atoms with Gasteiger partial charge in [-0.25, -0.2) is 9.78 Å². The second-order valence-corrected chi connectivity index (χ2v) is 7.98. The quantitative estimate of drug-likeness (QED) is 0.296. The molecule has 2 aromatic heterocycles. The van der Waals surface area contributed by atoms with Crippen LogP contribution in [0.5, 0.6) is 5.75 Å². The minimum atomic E-state index is -0.415. The fourth-order valence-corrected chi connectivity index (χ4v) is 3.63. The highest BCUT2D eigenvalue weighted by Gasteiger charge is 2.13. The topological polar surface area (TPSA) is 112 Å². The SMILES string of the molecule is COCCOc1ccc2c(c1)nc(NCCCCNC(=O)OCc1ccccc1)c1nnc(C)n12. The summed E-state index contributed by atoms with van der Waals surface area (Å²) in [6, 6.07) is 15.4. The Morgan fingerprint density at radius 1 is 1.03 bits per heavy atom. The fourth-order valence-electron chi connectivity index (χ4n) is 3.63. The van der Waals surface area contributed by atoms with E-state index in [9.17, 15) is 4.79 Å². The molecule has 0 bridgehead atoms. The number of ether oxygens (including phenoxy) is 3. The summed E-state index contributed by atoms with van der Waals surface area (Å²) in [4.78, 5) is 16.6. The molecule has 0 radical (unpaired) electrons. The maximum Gasteiger partial charge on any atom is 0.407 e. The number of hydrogen-bond acceptors (Lipinski definition) is 8. The Balaban J connectivity index is 1.29. The van der Waals surface area contributed by atoms with E-state index in [0.717, 1.165) is 41.0 Å². The number of aromatic nitrogens is 4. The second-order valence-electron chi connectivity index (χ2n) is 7.98. The molecule has 2 N–H and O–H groups in total. The molecule has 0 spiro atoms. The van der Waals surface area contributed by atoms with Gasteiger partial charge in [-0.05, 0) is 37.5 Å². The van der Waals surface area contributed by atoms with Crippen LogP contribution in [0.2, 0.25) is 0 Å². The number of aryl methyl sites for hydroxylation is 1. The minimum Gasteiger partial charge on any atom is -0.491 e. The number of carbonyl (C=O) groups is 1. The number of rotatable bonds is 12. The molecule has 0 fully saturated rings. The Bertz CT molecular complexity index is 1260. The van der Waals surface area contributed by atoms with Crippen molar-refractivity contribution in [1.82, 2.24) is 24.9 Å². The van der Waals surface area contributed by atoms with Gasteiger partial charge in [-0.3, -0.25) is 4.40 Å². The molecule has 4 aromatic rings. The van der Waals surface area contributed by atoms with Crippen LogP contribution in [-0.2, 0) is 16.1 Å². The van der Waals surface area contributed by atoms with Crippen molar-refractivity contribution < 1.29 is 19.0 Å². The monoisotopic (exact) mass is 478 g/mol. The maximum absolute atomic E-state index is 11.9. The van der Waals surface area contributed by atoms with Gasteiger partial charge in [0.1, 0.15) is 24.8 Å². The lowest BCUT2D eigenvalue weighted by atomic mass is 10.2. The van der Waals surface area contributed by atoms with E-state index < -0.39 is 6.09 Å². The summed E-state index contributed by atoms with van der Waals surface area (Å²) in [5, 5.41) is 14.7. The average molecular weight is 479 g/mol. The number of fused-ring (bicyclic) bond motifs is 3. The van der Waals surface area contributed by atoms with Crippen molar-refractivity contribution in [2.45, 2.75) is 26.4 Å². The van der Waals surface area contributed by atoms with Crippen molar-refractivity contribution in [3.05, 3.63) is 59.9 Å². The third kappa shape index (κ3) is 6.36. The lowest BCUT2D eigenvalue weighted by molar-refractivity contribution is 0.139. The van der Waals surface area contributed by atoms with Crippen molar-refractivity contribution in [1.29, 1.82) is 0 Å². The van der Waals surface area contributed by atoms with Gasteiger partial charge in [-0.1, -0.05) is 30.3 Å². The van der Waals surface area contributed by atoms with Gasteiger partial charge in [-0.15, -0.1) is 10.2 Å². The molecule has 10 heteroatoms. The molecule has 0 aliphatic rings. The van der Waals surface area contributed by atoms with E-state index in [1.54, 1.807) is 7.11 Å². The van der Waals surface area contributed by atoms with Crippen LogP contribution in [0.3, 0.4) is 0 Å². The van der Waals surface area contributed by atoms with Crippen molar-refractivity contribution in [3.8, 4) is 5.75 Å². The predicted octanol–water partition coefficient (Wildman–Crippen LogP) is 3.73. The summed E-state index contributed by atoms with van der Waals surface area (Å²) >= 11 is 0. The highest BCUT2D eigenvalue weighted by Crippen LogP contribution is 2.25. The zero-order valence-electron chi connectivity index (χ0n) is 20.0. The van der Waals surface area contributed by atoms with Gasteiger partial charge < -0.3 is 24.8 Å². The molecule has 2 heterocycles. The van der Waals surface area contributed by atoms with Crippen LogP contribution in [0.15, 0.2) is 48.5 Å². The number of unbranched alkanes of at least 4 members (excludes halogenated alkanes) is 1. The van der Waals surface area contributed by atoms with Crippen LogP contribution in [0, 0.1) is 6.92 Å². The van der Waals surface area contributed by atoms with E-state index in [1.807, 2.05) is 59.9 Å². The minimum absolute atomic E-state index is 0.259. The number of anilines is 1. The van der Waals surface area contributed by atoms with Gasteiger partial charge >= 0.3 is 6.09 Å². The normalized spacial score (nSPS) is 11.0. The van der Waals surface area contributed by atoms with Crippen LogP contribution in [-0.4, -0.2) is 59.1 Å². The molecule has 0 atom stereocenters. The second kappa shape index (κ2) is 12.0. The lowest BCUT2D eigenvalue weighted by Crippen LogP contribution is -2.25. The van der Waals surface area contributed by atoms with Gasteiger partial charge in [0.2, 0.25) is 5.65 Å². The third-order valence-electron chi connectivity index (χ3n) is 5.39. The Hall–Kier alpha value is -3.92. The van der Waals surface area contributed by atoms with E-state index in [-0.39, 0.29) is 6.61 Å². The van der Waals surface area contributed by atoms with Gasteiger partial charge in [0, 0.05) is 26.3 Å². The Morgan fingerprint density at radius 3 is 2.69 bits per heavy atom. The molecule has 0 unspecified atom stereocenters. The fraction of sp³-hybridized carbons (Fsp3) is 0.360. The van der Waals surface area contributed by atoms with Gasteiger partial charge in [0.15, 0.2) is 5.82 Å². The number of nitrogens with zero attached hydrogens (tertiary/aromatic N) is 4. The van der Waals surface area contributed by atoms with Crippen molar-refractivity contribution >= 4 is 28.6 Å². The van der Waals surface area contributed by atoms with E-state index in [4.69, 9.17) is 19.2 Å². The number of amides is 1. The van der Waals surface area contributed by atoms with E-state index in [1.165, 1.54) is 0 Å². The number of alkyl carbamates (subject to hydrolysis) is 1. The van der Waals surface area contributed by atoms with Crippen molar-refractivity contribution in [2.24, 2.45) is 0 Å². The van der Waals surface area contributed by atoms with Gasteiger partial charge in [0.05, 0.1) is 17.6 Å². The first-order valence-electron chi connectivity index (χ1n) is 11.6. The van der Waals surface area contributed by atoms with Crippen LogP contribution >= 0.6 is 0 Å². The number of methoxy groups -OCH3 is 1. The number of benzene rings is 2. The first kappa shape index (κ1) is 24.2. The van der Waals surface area contributed by atoms with E-state index in [0.29, 0.717) is 37.8 Å². The van der Waals surface area contributed by atoms with Gasteiger partial charge in [0.25, 0.3) is 0 Å². The molecular formula is C25H30N6O4. The van der Waals surface area contributed by atoms with Crippen LogP contribution < -0.4 is 15.4 Å². The van der Waals surface area contributed by atoms with Crippen LogP contribution in [0.25, 0.3) is 16.7 Å². The zero-order valence-corrected chi connectivity index (χ0v) is 20.0. The molecule has 0 aliphatic heterocycles. The highest BCUT2D eigenvalue weighted by molar-refractivity contribution is 5.84. The molecule has 35 heavy (non-hydrogen) atoms. The third-order valence-corrected chi connectivity index (χ3v) is 5.39. The van der Waals surface area contributed by atoms with Crippen LogP contribution in [0.4, 0.5) is 10.6 Å². The maximum atomic E-state index is 11.9. The Morgan fingerprint density at radius 2 is 1.86 bits per heavy atom. The standard InChI is InChI=1S/C25H30N6O4/c1-18-29-30-24-23(28-21-16-20(34-15-14-33-2)10-11-22(21)31(18)24)26-12-6-7-13-27-25(32)35-17-19-8-4-3-5-9-19/h3-5,8-11,16H,6-7,12-15,17H2,1-2H3,(H,26,28)(H,27,32). The first-order valence-corrected chi connectivity index (χ1v) is 11.6. The largest absolute Gasteiger partial charge is 0.491 e. The average Bonchev–Trinajstić information content (AvgIpc) is 3.27. The predicted molar refractivity (Wildman–Crippen MR) is 133 cm³/mol. The van der Waals surface area contributed by atoms with Crippen molar-refractivity contribution in [2.75, 3.05) is 38.7 Å². The Kier molecular flexibility index (Phi) is 8.29. The summed E-state index contributed by atoms with van der Waals surface area (Å²) in [5.41, 5.74) is 3.31. The lowest BCUT2D eigenvalue weighted by Gasteiger charge is -2.11. The highest BCUT2D eigenvalue weighted by atomic mass is 16.5. The molecule has 0 aliphatic carbocycles. The smallest absolute Gasteiger partial charge is 0.407 e. The molecule has 4 rings (SSSR count). The summed E-state index contributed by atoms with van der Waals surface area (Å²) < 4.78 is 18.0. The molecule has 2 aromatic carbocycles. The zero-order chi connectivity index (χ0) is 24.5. The summed E-state index contributed by atoms with van der Waals surface area (Å²) in [6.45, 7) is 4.35.